The zero-order valence-electron chi connectivity index (χ0n) is 10.1. The summed E-state index contributed by atoms with van der Waals surface area (Å²) in [6.07, 6.45) is 4.99. The summed E-state index contributed by atoms with van der Waals surface area (Å²) >= 11 is 0. The second kappa shape index (κ2) is 11.5. The van der Waals surface area contributed by atoms with Gasteiger partial charge in [0.25, 0.3) is 0 Å². The Labute approximate surface area is 96.6 Å². The topological polar surface area (TPSA) is 63.6 Å². The van der Waals surface area contributed by atoms with Crippen molar-refractivity contribution in [2.24, 2.45) is 5.92 Å². The Morgan fingerprint density at radius 3 is 2.31 bits per heavy atom. The molecule has 0 fully saturated rings. The molecule has 92 valence electrons. The molecular weight excluding hydrogens is 208 g/mol. The lowest BCUT2D eigenvalue weighted by Crippen LogP contribution is -2.08. The molecule has 0 amide bonds. The SMILES string of the molecule is C=CC(=O)O.CC=CC(=O)OCC(C)CC. The number of carbonyl (C=O) groups is 2. The predicted octanol–water partition coefficient (Wildman–Crippen LogP) is 2.41. The minimum Gasteiger partial charge on any atom is -0.478 e. The van der Waals surface area contributed by atoms with E-state index in [2.05, 4.69) is 20.4 Å². The van der Waals surface area contributed by atoms with E-state index in [1.165, 1.54) is 6.08 Å². The van der Waals surface area contributed by atoms with Crippen molar-refractivity contribution in [3.8, 4) is 0 Å². The summed E-state index contributed by atoms with van der Waals surface area (Å²) in [4.78, 5) is 20.0. The number of carbonyl (C=O) groups excluding carboxylic acids is 1. The van der Waals surface area contributed by atoms with Crippen LogP contribution in [0.3, 0.4) is 0 Å². The fraction of sp³-hybridized carbons (Fsp3) is 0.500. The standard InChI is InChI=1S/C9H16O2.C3H4O2/c1-4-6-9(10)11-7-8(3)5-2;1-2-3(4)5/h4,6,8H,5,7H2,1-3H3;2H,1H2,(H,4,5). The van der Waals surface area contributed by atoms with E-state index in [9.17, 15) is 9.59 Å². The number of hydrogen-bond donors (Lipinski definition) is 1. The maximum absolute atomic E-state index is 10.8. The lowest BCUT2D eigenvalue weighted by Gasteiger charge is -2.06. The normalized spacial score (nSPS) is 11.2. The molecule has 0 saturated heterocycles. The minimum atomic E-state index is -0.981. The molecule has 0 aliphatic rings. The van der Waals surface area contributed by atoms with Crippen LogP contribution in [-0.2, 0) is 14.3 Å². The molecule has 4 nitrogen and oxygen atoms in total. The molecule has 0 saturated carbocycles. The molecular formula is C12H20O4. The van der Waals surface area contributed by atoms with E-state index in [0.717, 1.165) is 12.5 Å². The number of ether oxygens (including phenoxy) is 1. The van der Waals surface area contributed by atoms with E-state index in [1.807, 2.05) is 0 Å². The number of allylic oxidation sites excluding steroid dienone is 1. The molecule has 0 radical (unpaired) electrons. The predicted molar refractivity (Wildman–Crippen MR) is 63.1 cm³/mol. The van der Waals surface area contributed by atoms with Crippen LogP contribution in [0.4, 0.5) is 0 Å². The lowest BCUT2D eigenvalue weighted by atomic mass is 10.1. The molecule has 1 atom stereocenters. The molecule has 0 aliphatic heterocycles. The summed E-state index contributed by atoms with van der Waals surface area (Å²) < 4.78 is 4.91. The summed E-state index contributed by atoms with van der Waals surface area (Å²) in [5.74, 6) is -0.762. The number of carboxylic acids is 1. The van der Waals surface area contributed by atoms with Crippen LogP contribution in [0.25, 0.3) is 0 Å². The maximum Gasteiger partial charge on any atom is 0.330 e. The van der Waals surface area contributed by atoms with Crippen molar-refractivity contribution < 1.29 is 19.4 Å². The molecule has 0 aliphatic carbocycles. The summed E-state index contributed by atoms with van der Waals surface area (Å²) in [5, 5.41) is 7.60. The molecule has 1 unspecified atom stereocenters. The summed E-state index contributed by atoms with van der Waals surface area (Å²) in [6.45, 7) is 9.42. The van der Waals surface area contributed by atoms with Gasteiger partial charge in [0.05, 0.1) is 6.61 Å². The molecule has 0 rings (SSSR count). The smallest absolute Gasteiger partial charge is 0.330 e. The Hall–Kier alpha value is -1.58. The van der Waals surface area contributed by atoms with Crippen LogP contribution in [0.5, 0.6) is 0 Å². The van der Waals surface area contributed by atoms with E-state index in [1.54, 1.807) is 13.0 Å². The minimum absolute atomic E-state index is 0.243. The van der Waals surface area contributed by atoms with E-state index in [-0.39, 0.29) is 5.97 Å². The first kappa shape index (κ1) is 16.8. The van der Waals surface area contributed by atoms with Gasteiger partial charge in [-0.15, -0.1) is 0 Å². The molecule has 0 aromatic carbocycles. The Balaban J connectivity index is 0. The van der Waals surface area contributed by atoms with Crippen molar-refractivity contribution in [1.29, 1.82) is 0 Å². The highest BCUT2D eigenvalue weighted by atomic mass is 16.5. The van der Waals surface area contributed by atoms with E-state index >= 15 is 0 Å². The van der Waals surface area contributed by atoms with Gasteiger partial charge >= 0.3 is 11.9 Å². The van der Waals surface area contributed by atoms with Crippen molar-refractivity contribution in [2.75, 3.05) is 6.61 Å². The quantitative estimate of drug-likeness (QED) is 0.579. The van der Waals surface area contributed by atoms with Crippen LogP contribution in [0.1, 0.15) is 27.2 Å². The maximum atomic E-state index is 10.8. The Morgan fingerprint density at radius 1 is 1.50 bits per heavy atom. The van der Waals surface area contributed by atoms with Gasteiger partial charge in [0.15, 0.2) is 0 Å². The third kappa shape index (κ3) is 14.9. The van der Waals surface area contributed by atoms with Crippen molar-refractivity contribution in [2.45, 2.75) is 27.2 Å². The van der Waals surface area contributed by atoms with Gasteiger partial charge in [-0.05, 0) is 12.8 Å². The third-order valence-electron chi connectivity index (χ3n) is 1.68. The van der Waals surface area contributed by atoms with Crippen molar-refractivity contribution in [3.63, 3.8) is 0 Å². The average molecular weight is 228 g/mol. The number of aliphatic carboxylic acids is 1. The summed E-state index contributed by atoms with van der Waals surface area (Å²) in [6, 6.07) is 0. The average Bonchev–Trinajstić information content (AvgIpc) is 2.27. The Bertz CT molecular complexity index is 243. The second-order valence-electron chi connectivity index (χ2n) is 3.19. The zero-order valence-corrected chi connectivity index (χ0v) is 10.1. The van der Waals surface area contributed by atoms with Gasteiger partial charge in [-0.25, -0.2) is 9.59 Å². The number of esters is 1. The van der Waals surface area contributed by atoms with E-state index < -0.39 is 5.97 Å². The molecule has 0 spiro atoms. The zero-order chi connectivity index (χ0) is 13.0. The third-order valence-corrected chi connectivity index (χ3v) is 1.68. The molecule has 0 aromatic rings. The molecule has 0 heterocycles. The first-order valence-corrected chi connectivity index (χ1v) is 5.12. The summed E-state index contributed by atoms with van der Waals surface area (Å²) in [7, 11) is 0. The molecule has 0 bridgehead atoms. The van der Waals surface area contributed by atoms with Crippen molar-refractivity contribution >= 4 is 11.9 Å². The van der Waals surface area contributed by atoms with Gasteiger partial charge in [0.1, 0.15) is 0 Å². The number of hydrogen-bond acceptors (Lipinski definition) is 3. The molecule has 0 aromatic heterocycles. The van der Waals surface area contributed by atoms with Gasteiger partial charge in [-0.3, -0.25) is 0 Å². The van der Waals surface area contributed by atoms with Crippen LogP contribution >= 0.6 is 0 Å². The van der Waals surface area contributed by atoms with Crippen LogP contribution in [0.2, 0.25) is 0 Å². The van der Waals surface area contributed by atoms with E-state index in [4.69, 9.17) is 9.84 Å². The highest BCUT2D eigenvalue weighted by Crippen LogP contribution is 2.00. The van der Waals surface area contributed by atoms with Gasteiger partial charge in [0, 0.05) is 12.2 Å². The number of rotatable bonds is 5. The largest absolute Gasteiger partial charge is 0.478 e. The van der Waals surface area contributed by atoms with Crippen molar-refractivity contribution in [1.82, 2.24) is 0 Å². The molecule has 1 N–H and O–H groups in total. The number of carboxylic acid groups (broad SMARTS) is 1. The van der Waals surface area contributed by atoms with E-state index in [0.29, 0.717) is 12.5 Å². The summed E-state index contributed by atoms with van der Waals surface area (Å²) in [5.41, 5.74) is 0. The highest BCUT2D eigenvalue weighted by Gasteiger charge is 2.01. The second-order valence-corrected chi connectivity index (χ2v) is 3.19. The van der Waals surface area contributed by atoms with Crippen LogP contribution in [0, 0.1) is 5.92 Å². The first-order valence-electron chi connectivity index (χ1n) is 5.12. The van der Waals surface area contributed by atoms with Gasteiger partial charge < -0.3 is 9.84 Å². The highest BCUT2D eigenvalue weighted by molar-refractivity contribution is 5.81. The Morgan fingerprint density at radius 2 is 2.00 bits per heavy atom. The lowest BCUT2D eigenvalue weighted by molar-refractivity contribution is -0.139. The van der Waals surface area contributed by atoms with Crippen LogP contribution in [0.15, 0.2) is 24.8 Å². The van der Waals surface area contributed by atoms with Crippen LogP contribution in [-0.4, -0.2) is 23.7 Å². The fourth-order valence-electron chi connectivity index (χ4n) is 0.526. The first-order chi connectivity index (χ1) is 7.47. The molecule has 16 heavy (non-hydrogen) atoms. The fourth-order valence-corrected chi connectivity index (χ4v) is 0.526. The monoisotopic (exact) mass is 228 g/mol. The van der Waals surface area contributed by atoms with Crippen LogP contribution < -0.4 is 0 Å². The van der Waals surface area contributed by atoms with Gasteiger partial charge in [0.2, 0.25) is 0 Å². The Kier molecular flexibility index (Phi) is 12.1. The van der Waals surface area contributed by atoms with Gasteiger partial charge in [-0.2, -0.15) is 0 Å². The molecule has 4 heteroatoms. The van der Waals surface area contributed by atoms with Gasteiger partial charge in [-0.1, -0.05) is 32.9 Å². The van der Waals surface area contributed by atoms with Crippen molar-refractivity contribution in [3.05, 3.63) is 24.8 Å².